The first-order chi connectivity index (χ1) is 14.2. The number of hydrogen-bond acceptors (Lipinski definition) is 4. The highest BCUT2D eigenvalue weighted by Gasteiger charge is 2.17. The molecule has 8 heteroatoms. The number of rotatable bonds is 6. The molecule has 6 nitrogen and oxygen atoms in total. The van der Waals surface area contributed by atoms with Crippen LogP contribution in [0.3, 0.4) is 0 Å². The molecule has 0 aliphatic rings. The molecule has 0 aliphatic carbocycles. The van der Waals surface area contributed by atoms with E-state index in [4.69, 9.17) is 9.72 Å². The summed E-state index contributed by atoms with van der Waals surface area (Å²) in [5.74, 6) is 0.523. The van der Waals surface area contributed by atoms with Crippen LogP contribution in [0, 0.1) is 6.92 Å². The van der Waals surface area contributed by atoms with E-state index in [-0.39, 0.29) is 12.3 Å². The molecule has 4 aromatic rings. The van der Waals surface area contributed by atoms with E-state index in [0.717, 1.165) is 21.6 Å². The van der Waals surface area contributed by atoms with Gasteiger partial charge in [-0.2, -0.15) is 0 Å². The van der Waals surface area contributed by atoms with Gasteiger partial charge in [-0.1, -0.05) is 35.6 Å². The Morgan fingerprint density at radius 1 is 1.20 bits per heavy atom. The van der Waals surface area contributed by atoms with Crippen LogP contribution >= 0.6 is 15.9 Å². The zero-order valence-electron chi connectivity index (χ0n) is 17.6. The highest BCUT2D eigenvalue weighted by molar-refractivity contribution is 9.10. The lowest BCUT2D eigenvalue weighted by molar-refractivity contribution is 0.0856. The topological polar surface area (TPSA) is 61.4 Å². The van der Waals surface area contributed by atoms with Crippen LogP contribution in [0.15, 0.2) is 52.1 Å². The first-order valence-electron chi connectivity index (χ1n) is 9.94. The summed E-state index contributed by atoms with van der Waals surface area (Å²) in [4.78, 5) is 22.8. The normalized spacial score (nSPS) is 12.2. The van der Waals surface area contributed by atoms with Crippen molar-refractivity contribution in [3.63, 3.8) is 0 Å². The van der Waals surface area contributed by atoms with Crippen LogP contribution in [0.4, 0.5) is 0 Å². The average molecular weight is 485 g/mol. The fraction of sp³-hybridized carbons (Fsp3) is 0.318. The first-order valence-corrected chi connectivity index (χ1v) is 14.4. The lowest BCUT2D eigenvalue weighted by Gasteiger charge is -2.17. The van der Waals surface area contributed by atoms with Gasteiger partial charge in [0, 0.05) is 30.9 Å². The SMILES string of the molecule is Cc1cc(Br)cc2c(=O)n(COCC[Si](C)(C)C)c(-c3cc4cccn4cn3)nc12. The summed E-state index contributed by atoms with van der Waals surface area (Å²) in [6, 6.07) is 10.7. The number of benzene rings is 1. The van der Waals surface area contributed by atoms with Crippen LogP contribution in [-0.4, -0.2) is 33.6 Å². The zero-order chi connectivity index (χ0) is 21.5. The second-order valence-corrected chi connectivity index (χ2v) is 15.3. The van der Waals surface area contributed by atoms with Gasteiger partial charge in [-0.05, 0) is 48.9 Å². The van der Waals surface area contributed by atoms with E-state index < -0.39 is 8.07 Å². The van der Waals surface area contributed by atoms with Crippen molar-refractivity contribution in [1.82, 2.24) is 18.9 Å². The summed E-state index contributed by atoms with van der Waals surface area (Å²) in [5, 5.41) is 0.572. The zero-order valence-corrected chi connectivity index (χ0v) is 20.2. The predicted molar refractivity (Wildman–Crippen MR) is 127 cm³/mol. The minimum Gasteiger partial charge on any atom is -0.361 e. The molecule has 156 valence electrons. The standard InChI is InChI=1S/C22H25BrN4O2Si/c1-15-10-16(23)11-18-20(15)25-21(19-12-17-6-5-7-26(17)13-24-19)27(22(18)28)14-29-8-9-30(2,3)4/h5-7,10-13H,8-9,14H2,1-4H3. The molecule has 1 aromatic carbocycles. The Kier molecular flexibility index (Phi) is 5.65. The van der Waals surface area contributed by atoms with Crippen molar-refractivity contribution in [1.29, 1.82) is 0 Å². The van der Waals surface area contributed by atoms with Crippen LogP contribution in [0.2, 0.25) is 25.7 Å². The highest BCUT2D eigenvalue weighted by atomic mass is 79.9. The summed E-state index contributed by atoms with van der Waals surface area (Å²) in [7, 11) is -1.22. The van der Waals surface area contributed by atoms with E-state index >= 15 is 0 Å². The van der Waals surface area contributed by atoms with Gasteiger partial charge in [0.15, 0.2) is 5.82 Å². The Labute approximate surface area is 184 Å². The molecule has 0 fully saturated rings. The average Bonchev–Trinajstić information content (AvgIpc) is 3.14. The number of ether oxygens (including phenoxy) is 1. The van der Waals surface area contributed by atoms with E-state index in [0.29, 0.717) is 29.0 Å². The number of aryl methyl sites for hydroxylation is 1. The third-order valence-corrected chi connectivity index (χ3v) is 7.24. The van der Waals surface area contributed by atoms with Gasteiger partial charge in [0.2, 0.25) is 0 Å². The molecule has 0 saturated heterocycles. The third-order valence-electron chi connectivity index (χ3n) is 5.08. The molecule has 0 saturated carbocycles. The second-order valence-electron chi connectivity index (χ2n) is 8.75. The molecule has 0 radical (unpaired) electrons. The molecule has 0 atom stereocenters. The van der Waals surface area contributed by atoms with Gasteiger partial charge in [-0.25, -0.2) is 9.97 Å². The van der Waals surface area contributed by atoms with Gasteiger partial charge in [0.1, 0.15) is 12.4 Å². The van der Waals surface area contributed by atoms with E-state index in [2.05, 4.69) is 40.6 Å². The second kappa shape index (κ2) is 8.09. The van der Waals surface area contributed by atoms with Crippen LogP contribution in [0.25, 0.3) is 27.9 Å². The van der Waals surface area contributed by atoms with Gasteiger partial charge in [0.25, 0.3) is 5.56 Å². The first kappa shape index (κ1) is 21.0. The van der Waals surface area contributed by atoms with Crippen molar-refractivity contribution in [2.45, 2.75) is 39.3 Å². The van der Waals surface area contributed by atoms with Crippen molar-refractivity contribution in [3.05, 3.63) is 63.2 Å². The third kappa shape index (κ3) is 4.26. The van der Waals surface area contributed by atoms with Crippen molar-refractivity contribution >= 4 is 40.4 Å². The number of halogens is 1. The minimum absolute atomic E-state index is 0.121. The number of nitrogens with zero attached hydrogens (tertiary/aromatic N) is 4. The summed E-state index contributed by atoms with van der Waals surface area (Å²) in [5.41, 5.74) is 3.15. The summed E-state index contributed by atoms with van der Waals surface area (Å²) in [6.45, 7) is 9.67. The van der Waals surface area contributed by atoms with E-state index in [9.17, 15) is 4.79 Å². The van der Waals surface area contributed by atoms with Crippen molar-refractivity contribution < 1.29 is 4.74 Å². The molecule has 30 heavy (non-hydrogen) atoms. The molecule has 4 rings (SSSR count). The maximum absolute atomic E-state index is 13.4. The van der Waals surface area contributed by atoms with E-state index in [1.54, 1.807) is 10.9 Å². The van der Waals surface area contributed by atoms with Crippen LogP contribution in [0.5, 0.6) is 0 Å². The molecule has 0 N–H and O–H groups in total. The number of aromatic nitrogens is 4. The van der Waals surface area contributed by atoms with Crippen LogP contribution < -0.4 is 5.56 Å². The Morgan fingerprint density at radius 2 is 2.00 bits per heavy atom. The van der Waals surface area contributed by atoms with E-state index in [1.165, 1.54) is 0 Å². The summed E-state index contributed by atoms with van der Waals surface area (Å²) >= 11 is 3.50. The van der Waals surface area contributed by atoms with Crippen molar-refractivity contribution in [2.75, 3.05) is 6.61 Å². The number of fused-ring (bicyclic) bond motifs is 2. The fourth-order valence-electron chi connectivity index (χ4n) is 3.36. The monoisotopic (exact) mass is 484 g/mol. The Hall–Kier alpha value is -2.29. The summed E-state index contributed by atoms with van der Waals surface area (Å²) in [6.07, 6.45) is 3.68. The van der Waals surface area contributed by atoms with Gasteiger partial charge in [-0.3, -0.25) is 9.36 Å². The largest absolute Gasteiger partial charge is 0.361 e. The molecule has 3 aromatic heterocycles. The van der Waals surface area contributed by atoms with Gasteiger partial charge in [0.05, 0.1) is 17.2 Å². The molecule has 0 spiro atoms. The quantitative estimate of drug-likeness (QED) is 0.282. The maximum Gasteiger partial charge on any atom is 0.263 e. The Balaban J connectivity index is 1.84. The molecule has 0 amide bonds. The molecule has 3 heterocycles. The fourth-order valence-corrected chi connectivity index (χ4v) is 4.69. The Bertz CT molecular complexity index is 1290. The lowest BCUT2D eigenvalue weighted by Crippen LogP contribution is -2.27. The molecule has 0 unspecified atom stereocenters. The predicted octanol–water partition coefficient (Wildman–Crippen LogP) is 5.09. The Morgan fingerprint density at radius 3 is 2.77 bits per heavy atom. The van der Waals surface area contributed by atoms with Crippen molar-refractivity contribution in [2.24, 2.45) is 0 Å². The van der Waals surface area contributed by atoms with Crippen molar-refractivity contribution in [3.8, 4) is 11.5 Å². The maximum atomic E-state index is 13.4. The van der Waals surface area contributed by atoms with Crippen LogP contribution in [-0.2, 0) is 11.5 Å². The molecule has 0 aliphatic heterocycles. The molecule has 0 bridgehead atoms. The highest BCUT2D eigenvalue weighted by Crippen LogP contribution is 2.24. The van der Waals surface area contributed by atoms with Gasteiger partial charge in [-0.15, -0.1) is 0 Å². The van der Waals surface area contributed by atoms with Gasteiger partial charge < -0.3 is 9.14 Å². The summed E-state index contributed by atoms with van der Waals surface area (Å²) < 4.78 is 10.3. The minimum atomic E-state index is -1.22. The number of hydrogen-bond donors (Lipinski definition) is 0. The molecular weight excluding hydrogens is 460 g/mol. The smallest absolute Gasteiger partial charge is 0.263 e. The molecular formula is C22H25BrN4O2Si. The van der Waals surface area contributed by atoms with E-state index in [1.807, 2.05) is 47.9 Å². The lowest BCUT2D eigenvalue weighted by atomic mass is 10.1. The van der Waals surface area contributed by atoms with Crippen LogP contribution in [0.1, 0.15) is 5.56 Å². The van der Waals surface area contributed by atoms with Gasteiger partial charge >= 0.3 is 0 Å².